The summed E-state index contributed by atoms with van der Waals surface area (Å²) in [5, 5.41) is 22.1. The molecule has 0 aliphatic heterocycles. The molecule has 0 radical (unpaired) electrons. The molecule has 0 amide bonds. The summed E-state index contributed by atoms with van der Waals surface area (Å²) in [6, 6.07) is 0. The van der Waals surface area contributed by atoms with Crippen molar-refractivity contribution in [2.45, 2.75) is 6.92 Å². The van der Waals surface area contributed by atoms with Crippen molar-refractivity contribution in [2.24, 2.45) is 0 Å². The van der Waals surface area contributed by atoms with Crippen molar-refractivity contribution in [3.05, 3.63) is 22.7 Å². The van der Waals surface area contributed by atoms with Crippen LogP contribution in [0.15, 0.2) is 10.7 Å². The molecule has 1 aromatic heterocycles. The van der Waals surface area contributed by atoms with E-state index in [4.69, 9.17) is 5.11 Å². The second-order valence-electron chi connectivity index (χ2n) is 2.07. The number of hydrogen-bond acceptors (Lipinski definition) is 4. The first-order valence-electron chi connectivity index (χ1n) is 3.08. The maximum atomic E-state index is 10.6. The molecule has 1 N–H and O–H groups in total. The Labute approximate surface area is 67.3 Å². The van der Waals surface area contributed by atoms with Gasteiger partial charge in [-0.1, -0.05) is 0 Å². The fourth-order valence-electron chi connectivity index (χ4n) is 0.603. The SMILES string of the molecule is Cc1c(/C=C\C(=O)O)no[n+]1[O-]. The quantitative estimate of drug-likeness (QED) is 0.486. The van der Waals surface area contributed by atoms with Crippen molar-refractivity contribution in [1.29, 1.82) is 0 Å². The summed E-state index contributed by atoms with van der Waals surface area (Å²) >= 11 is 0. The highest BCUT2D eigenvalue weighted by Crippen LogP contribution is 2.00. The Hall–Kier alpha value is -1.85. The third-order valence-corrected chi connectivity index (χ3v) is 1.24. The van der Waals surface area contributed by atoms with E-state index in [1.165, 1.54) is 13.0 Å². The van der Waals surface area contributed by atoms with Gasteiger partial charge in [0.25, 0.3) is 0 Å². The third-order valence-electron chi connectivity index (χ3n) is 1.24. The molecule has 0 saturated heterocycles. The second kappa shape index (κ2) is 3.04. The summed E-state index contributed by atoms with van der Waals surface area (Å²) in [5.74, 6) is -1.10. The standard InChI is InChI=1S/C6H6N2O4/c1-4-5(2-3-6(9)10)7-12-8(4)11/h2-3H,1H3,(H,9,10)/b3-2-. The number of nitrogens with zero attached hydrogens (tertiary/aromatic N) is 2. The zero-order valence-corrected chi connectivity index (χ0v) is 6.22. The summed E-state index contributed by atoms with van der Waals surface area (Å²) in [5.41, 5.74) is 0.444. The van der Waals surface area contributed by atoms with Gasteiger partial charge in [0, 0.05) is 24.2 Å². The molecule has 0 aromatic carbocycles. The van der Waals surface area contributed by atoms with Gasteiger partial charge in [0.1, 0.15) is 0 Å². The van der Waals surface area contributed by atoms with Crippen LogP contribution >= 0.6 is 0 Å². The van der Waals surface area contributed by atoms with Crippen LogP contribution in [0, 0.1) is 12.1 Å². The highest BCUT2D eigenvalue weighted by Gasteiger charge is 2.10. The normalized spacial score (nSPS) is 10.8. The molecule has 0 aliphatic rings. The zero-order valence-electron chi connectivity index (χ0n) is 6.22. The summed E-state index contributed by atoms with van der Waals surface area (Å²) in [7, 11) is 0. The molecule has 6 heteroatoms. The first-order valence-corrected chi connectivity index (χ1v) is 3.08. The molecule has 0 saturated carbocycles. The lowest BCUT2D eigenvalue weighted by Crippen LogP contribution is -2.25. The minimum Gasteiger partial charge on any atom is -0.478 e. The average Bonchev–Trinajstić information content (AvgIpc) is 2.30. The van der Waals surface area contributed by atoms with Gasteiger partial charge in [-0.2, -0.15) is 0 Å². The number of aromatic nitrogens is 2. The van der Waals surface area contributed by atoms with Crippen LogP contribution in [0.1, 0.15) is 11.4 Å². The molecule has 0 aliphatic carbocycles. The Morgan fingerprint density at radius 2 is 2.50 bits per heavy atom. The zero-order chi connectivity index (χ0) is 9.14. The lowest BCUT2D eigenvalue weighted by molar-refractivity contribution is -0.806. The van der Waals surface area contributed by atoms with Gasteiger partial charge in [0.2, 0.25) is 5.69 Å². The van der Waals surface area contributed by atoms with Gasteiger partial charge in [0.05, 0.1) is 0 Å². The van der Waals surface area contributed by atoms with Crippen LogP contribution in [0.3, 0.4) is 0 Å². The van der Waals surface area contributed by atoms with Crippen molar-refractivity contribution < 1.29 is 19.4 Å². The molecule has 1 aromatic rings. The molecule has 0 fully saturated rings. The third kappa shape index (κ3) is 1.60. The van der Waals surface area contributed by atoms with Crippen LogP contribution in [0.4, 0.5) is 0 Å². The lowest BCUT2D eigenvalue weighted by atomic mass is 10.3. The Balaban J connectivity index is 2.90. The Morgan fingerprint density at radius 3 is 2.92 bits per heavy atom. The number of rotatable bonds is 2. The summed E-state index contributed by atoms with van der Waals surface area (Å²) in [6.07, 6.45) is 2.07. The summed E-state index contributed by atoms with van der Waals surface area (Å²) < 4.78 is 4.19. The van der Waals surface area contributed by atoms with Gasteiger partial charge < -0.3 is 10.3 Å². The van der Waals surface area contributed by atoms with Gasteiger partial charge in [-0.15, -0.1) is 0 Å². The van der Waals surface area contributed by atoms with Gasteiger partial charge in [-0.3, -0.25) is 4.63 Å². The van der Waals surface area contributed by atoms with E-state index in [0.29, 0.717) is 0 Å². The first kappa shape index (κ1) is 8.25. The van der Waals surface area contributed by atoms with Crippen molar-refractivity contribution in [2.75, 3.05) is 0 Å². The van der Waals surface area contributed by atoms with Crippen LogP contribution in [0.2, 0.25) is 0 Å². The number of carboxylic acid groups (broad SMARTS) is 1. The predicted molar refractivity (Wildman–Crippen MR) is 36.9 cm³/mol. The Bertz CT molecular complexity index is 328. The smallest absolute Gasteiger partial charge is 0.328 e. The van der Waals surface area contributed by atoms with Crippen molar-refractivity contribution in [1.82, 2.24) is 5.16 Å². The van der Waals surface area contributed by atoms with Gasteiger partial charge in [-0.25, -0.2) is 4.79 Å². The lowest BCUT2D eigenvalue weighted by Gasteiger charge is -1.83. The van der Waals surface area contributed by atoms with E-state index >= 15 is 0 Å². The van der Waals surface area contributed by atoms with Crippen LogP contribution in [0.25, 0.3) is 6.08 Å². The van der Waals surface area contributed by atoms with E-state index in [2.05, 4.69) is 9.79 Å². The van der Waals surface area contributed by atoms with E-state index < -0.39 is 5.97 Å². The molecule has 1 rings (SSSR count). The van der Waals surface area contributed by atoms with E-state index in [1.807, 2.05) is 0 Å². The van der Waals surface area contributed by atoms with Crippen molar-refractivity contribution >= 4 is 12.0 Å². The Morgan fingerprint density at radius 1 is 1.83 bits per heavy atom. The minimum atomic E-state index is -1.10. The summed E-state index contributed by atoms with van der Waals surface area (Å²) in [6.45, 7) is 1.48. The van der Waals surface area contributed by atoms with Gasteiger partial charge in [-0.05, 0) is 4.90 Å². The number of hydrogen-bond donors (Lipinski definition) is 1. The van der Waals surface area contributed by atoms with E-state index in [0.717, 1.165) is 6.08 Å². The minimum absolute atomic E-state index is 0.210. The van der Waals surface area contributed by atoms with Gasteiger partial charge in [0.15, 0.2) is 5.69 Å². The summed E-state index contributed by atoms with van der Waals surface area (Å²) in [4.78, 5) is 10.3. The molecule has 0 unspecified atom stereocenters. The van der Waals surface area contributed by atoms with Crippen LogP contribution in [0.5, 0.6) is 0 Å². The van der Waals surface area contributed by atoms with Crippen LogP contribution < -0.4 is 4.90 Å². The van der Waals surface area contributed by atoms with Crippen LogP contribution in [-0.4, -0.2) is 16.2 Å². The predicted octanol–water partition coefficient (Wildman–Crippen LogP) is -0.286. The molecule has 1 heterocycles. The fourth-order valence-corrected chi connectivity index (χ4v) is 0.603. The number of carboxylic acids is 1. The average molecular weight is 170 g/mol. The van der Waals surface area contributed by atoms with Crippen LogP contribution in [-0.2, 0) is 4.79 Å². The van der Waals surface area contributed by atoms with E-state index in [9.17, 15) is 10.0 Å². The topological polar surface area (TPSA) is 90.3 Å². The molecule has 12 heavy (non-hydrogen) atoms. The molecular weight excluding hydrogens is 164 g/mol. The molecule has 0 bridgehead atoms. The molecule has 64 valence electrons. The Kier molecular flexibility index (Phi) is 2.09. The highest BCUT2D eigenvalue weighted by atomic mass is 16.8. The van der Waals surface area contributed by atoms with Gasteiger partial charge >= 0.3 is 5.97 Å². The number of carbonyl (C=O) groups is 1. The van der Waals surface area contributed by atoms with Crippen molar-refractivity contribution in [3.63, 3.8) is 0 Å². The monoisotopic (exact) mass is 170 g/mol. The maximum Gasteiger partial charge on any atom is 0.328 e. The highest BCUT2D eigenvalue weighted by molar-refractivity contribution is 5.84. The first-order chi connectivity index (χ1) is 5.61. The molecule has 6 nitrogen and oxygen atoms in total. The van der Waals surface area contributed by atoms with Crippen molar-refractivity contribution in [3.8, 4) is 0 Å². The maximum absolute atomic E-state index is 10.6. The molecule has 0 spiro atoms. The fraction of sp³-hybridized carbons (Fsp3) is 0.167. The number of aliphatic carboxylic acids is 1. The second-order valence-corrected chi connectivity index (χ2v) is 2.07. The molecular formula is C6H6N2O4. The van der Waals surface area contributed by atoms with E-state index in [1.54, 1.807) is 0 Å². The molecule has 0 atom stereocenters. The largest absolute Gasteiger partial charge is 0.478 e. The van der Waals surface area contributed by atoms with E-state index in [-0.39, 0.29) is 16.3 Å².